The van der Waals surface area contributed by atoms with Gasteiger partial charge in [0.1, 0.15) is 0 Å². The Morgan fingerprint density at radius 2 is 2.44 bits per heavy atom. The number of aryl methyl sites for hydroxylation is 1. The van der Waals surface area contributed by atoms with Crippen molar-refractivity contribution in [1.29, 1.82) is 0 Å². The van der Waals surface area contributed by atoms with E-state index in [1.54, 1.807) is 0 Å². The fourth-order valence-electron chi connectivity index (χ4n) is 2.20. The van der Waals surface area contributed by atoms with Crippen LogP contribution in [0, 0.1) is 6.92 Å². The van der Waals surface area contributed by atoms with E-state index in [4.69, 9.17) is 4.74 Å². The van der Waals surface area contributed by atoms with E-state index in [1.165, 1.54) is 29.7 Å². The molecule has 1 saturated heterocycles. The first kappa shape index (κ1) is 12.1. The van der Waals surface area contributed by atoms with Crippen molar-refractivity contribution in [1.82, 2.24) is 5.32 Å². The van der Waals surface area contributed by atoms with Crippen LogP contribution in [0.3, 0.4) is 0 Å². The van der Waals surface area contributed by atoms with Gasteiger partial charge in [-0.1, -0.05) is 0 Å². The maximum Gasteiger partial charge on any atom is 0.0699 e. The minimum absolute atomic E-state index is 0.427. The zero-order valence-electron chi connectivity index (χ0n) is 10.2. The SMILES string of the molecule is Cc1ccsc1C(C)NCC1CCCCO1. The van der Waals surface area contributed by atoms with Gasteiger partial charge in [0.15, 0.2) is 0 Å². The highest BCUT2D eigenvalue weighted by atomic mass is 32.1. The van der Waals surface area contributed by atoms with Gasteiger partial charge in [-0.05, 0) is 50.1 Å². The fraction of sp³-hybridized carbons (Fsp3) is 0.692. The molecule has 90 valence electrons. The number of hydrogen-bond donors (Lipinski definition) is 1. The molecule has 1 fully saturated rings. The van der Waals surface area contributed by atoms with Crippen LogP contribution in [0.4, 0.5) is 0 Å². The third kappa shape index (κ3) is 3.06. The summed E-state index contributed by atoms with van der Waals surface area (Å²) in [6.07, 6.45) is 4.19. The molecule has 1 aliphatic rings. The normalized spacial score (nSPS) is 23.2. The van der Waals surface area contributed by atoms with E-state index < -0.39 is 0 Å². The van der Waals surface area contributed by atoms with Gasteiger partial charge in [0, 0.05) is 24.1 Å². The van der Waals surface area contributed by atoms with Crippen LogP contribution < -0.4 is 5.32 Å². The lowest BCUT2D eigenvalue weighted by molar-refractivity contribution is 0.0157. The Morgan fingerprint density at radius 3 is 3.06 bits per heavy atom. The molecule has 1 N–H and O–H groups in total. The van der Waals surface area contributed by atoms with Crippen molar-refractivity contribution in [2.75, 3.05) is 13.2 Å². The second kappa shape index (κ2) is 5.80. The maximum absolute atomic E-state index is 5.72. The first-order chi connectivity index (χ1) is 7.77. The zero-order valence-corrected chi connectivity index (χ0v) is 11.0. The van der Waals surface area contributed by atoms with Crippen LogP contribution in [0.2, 0.25) is 0 Å². The van der Waals surface area contributed by atoms with E-state index >= 15 is 0 Å². The summed E-state index contributed by atoms with van der Waals surface area (Å²) in [6, 6.07) is 2.64. The van der Waals surface area contributed by atoms with E-state index in [2.05, 4.69) is 30.6 Å². The summed E-state index contributed by atoms with van der Waals surface area (Å²) in [7, 11) is 0. The van der Waals surface area contributed by atoms with Gasteiger partial charge in [-0.2, -0.15) is 0 Å². The van der Waals surface area contributed by atoms with Crippen LogP contribution in [0.15, 0.2) is 11.4 Å². The van der Waals surface area contributed by atoms with E-state index in [0.29, 0.717) is 12.1 Å². The zero-order chi connectivity index (χ0) is 11.4. The van der Waals surface area contributed by atoms with Crippen LogP contribution in [0.1, 0.15) is 42.7 Å². The molecule has 2 atom stereocenters. The van der Waals surface area contributed by atoms with Crippen LogP contribution >= 0.6 is 11.3 Å². The van der Waals surface area contributed by atoms with Gasteiger partial charge in [-0.25, -0.2) is 0 Å². The van der Waals surface area contributed by atoms with E-state index in [1.807, 2.05) is 11.3 Å². The topological polar surface area (TPSA) is 21.3 Å². The summed E-state index contributed by atoms with van der Waals surface area (Å²) in [5.74, 6) is 0. The summed E-state index contributed by atoms with van der Waals surface area (Å²) in [6.45, 7) is 6.35. The third-order valence-electron chi connectivity index (χ3n) is 3.22. The standard InChI is InChI=1S/C13H21NOS/c1-10-6-8-16-13(10)11(2)14-9-12-5-3-4-7-15-12/h6,8,11-12,14H,3-5,7,9H2,1-2H3. The summed E-state index contributed by atoms with van der Waals surface area (Å²) < 4.78 is 5.72. The monoisotopic (exact) mass is 239 g/mol. The molecule has 0 aromatic carbocycles. The highest BCUT2D eigenvalue weighted by Gasteiger charge is 2.16. The molecule has 3 heteroatoms. The minimum atomic E-state index is 0.427. The van der Waals surface area contributed by atoms with Crippen molar-refractivity contribution in [2.45, 2.75) is 45.3 Å². The van der Waals surface area contributed by atoms with Gasteiger partial charge in [0.25, 0.3) is 0 Å². The van der Waals surface area contributed by atoms with Gasteiger partial charge < -0.3 is 10.1 Å². The fourth-order valence-corrected chi connectivity index (χ4v) is 3.16. The Morgan fingerprint density at radius 1 is 1.56 bits per heavy atom. The lowest BCUT2D eigenvalue weighted by Crippen LogP contribution is -2.33. The molecule has 2 unspecified atom stereocenters. The van der Waals surface area contributed by atoms with Crippen LogP contribution in [0.5, 0.6) is 0 Å². The molecule has 0 bridgehead atoms. The highest BCUT2D eigenvalue weighted by molar-refractivity contribution is 7.10. The Kier molecular flexibility index (Phi) is 4.38. The van der Waals surface area contributed by atoms with Gasteiger partial charge in [0.2, 0.25) is 0 Å². The molecule has 0 spiro atoms. The Hall–Kier alpha value is -0.380. The second-order valence-electron chi connectivity index (χ2n) is 4.59. The molecule has 2 heterocycles. The predicted octanol–water partition coefficient (Wildman–Crippen LogP) is 3.28. The Labute approximate surface area is 102 Å². The van der Waals surface area contributed by atoms with Crippen LogP contribution in [-0.2, 0) is 4.74 Å². The first-order valence-electron chi connectivity index (χ1n) is 6.16. The molecule has 0 aliphatic carbocycles. The molecular weight excluding hydrogens is 218 g/mol. The van der Waals surface area contributed by atoms with Crippen molar-refractivity contribution in [2.24, 2.45) is 0 Å². The average molecular weight is 239 g/mol. The van der Waals surface area contributed by atoms with Crippen molar-refractivity contribution in [3.8, 4) is 0 Å². The van der Waals surface area contributed by atoms with Crippen LogP contribution in [-0.4, -0.2) is 19.3 Å². The van der Waals surface area contributed by atoms with Gasteiger partial charge in [0.05, 0.1) is 6.10 Å². The van der Waals surface area contributed by atoms with Gasteiger partial charge in [-0.3, -0.25) is 0 Å². The maximum atomic E-state index is 5.72. The minimum Gasteiger partial charge on any atom is -0.377 e. The summed E-state index contributed by atoms with van der Waals surface area (Å²) in [5, 5.41) is 5.75. The Bertz CT molecular complexity index is 317. The van der Waals surface area contributed by atoms with Gasteiger partial charge in [-0.15, -0.1) is 11.3 Å². The Balaban J connectivity index is 1.79. The molecule has 0 saturated carbocycles. The molecule has 2 nitrogen and oxygen atoms in total. The quantitative estimate of drug-likeness (QED) is 0.870. The lowest BCUT2D eigenvalue weighted by Gasteiger charge is -2.24. The predicted molar refractivity (Wildman–Crippen MR) is 69.1 cm³/mol. The molecule has 0 amide bonds. The van der Waals surface area contributed by atoms with Crippen LogP contribution in [0.25, 0.3) is 0 Å². The molecule has 2 rings (SSSR count). The number of ether oxygens (including phenoxy) is 1. The second-order valence-corrected chi connectivity index (χ2v) is 5.53. The average Bonchev–Trinajstić information content (AvgIpc) is 2.74. The largest absolute Gasteiger partial charge is 0.377 e. The molecule has 16 heavy (non-hydrogen) atoms. The highest BCUT2D eigenvalue weighted by Crippen LogP contribution is 2.23. The van der Waals surface area contributed by atoms with Crippen molar-refractivity contribution in [3.63, 3.8) is 0 Å². The van der Waals surface area contributed by atoms with Crippen molar-refractivity contribution in [3.05, 3.63) is 21.9 Å². The first-order valence-corrected chi connectivity index (χ1v) is 7.04. The van der Waals surface area contributed by atoms with E-state index in [9.17, 15) is 0 Å². The smallest absolute Gasteiger partial charge is 0.0699 e. The van der Waals surface area contributed by atoms with Crippen molar-refractivity contribution >= 4 is 11.3 Å². The third-order valence-corrected chi connectivity index (χ3v) is 4.42. The molecule has 1 aromatic rings. The molecule has 0 radical (unpaired) electrons. The van der Waals surface area contributed by atoms with Crippen molar-refractivity contribution < 1.29 is 4.74 Å². The van der Waals surface area contributed by atoms with E-state index in [0.717, 1.165) is 13.2 Å². The van der Waals surface area contributed by atoms with Gasteiger partial charge >= 0.3 is 0 Å². The number of rotatable bonds is 4. The number of hydrogen-bond acceptors (Lipinski definition) is 3. The van der Waals surface area contributed by atoms with E-state index in [-0.39, 0.29) is 0 Å². The molecular formula is C13H21NOS. The molecule has 1 aliphatic heterocycles. The summed E-state index contributed by atoms with van der Waals surface area (Å²) in [4.78, 5) is 1.45. The summed E-state index contributed by atoms with van der Waals surface area (Å²) >= 11 is 1.84. The summed E-state index contributed by atoms with van der Waals surface area (Å²) in [5.41, 5.74) is 1.40. The lowest BCUT2D eigenvalue weighted by atomic mass is 10.1. The number of nitrogens with one attached hydrogen (secondary N) is 1. The molecule has 1 aromatic heterocycles. The number of thiophene rings is 1.